The van der Waals surface area contributed by atoms with E-state index in [1.54, 1.807) is 35.0 Å². The monoisotopic (exact) mass is 582 g/mol. The number of nitrogens with zero attached hydrogens (tertiary/aromatic N) is 4. The van der Waals surface area contributed by atoms with Crippen LogP contribution in [0.5, 0.6) is 0 Å². The molecule has 0 aliphatic carbocycles. The SMILES string of the molecule is CCS.Cc1cc(NC(=O)CS)n(-c2ccc(Cl)cc2)n1.O=CNc1nnc(-c2ccc(Cl)cc2)s1. The van der Waals surface area contributed by atoms with Crippen molar-refractivity contribution in [3.8, 4) is 16.3 Å². The van der Waals surface area contributed by atoms with E-state index in [0.717, 1.165) is 27.7 Å². The molecule has 4 aromatic rings. The third-order valence-corrected chi connectivity index (χ3v) is 5.71. The summed E-state index contributed by atoms with van der Waals surface area (Å²) in [6.45, 7) is 3.85. The number of carbonyl (C=O) groups excluding carboxylic acids is 2. The molecule has 2 aromatic heterocycles. The summed E-state index contributed by atoms with van der Waals surface area (Å²) < 4.78 is 1.66. The maximum Gasteiger partial charge on any atom is 0.235 e. The Labute approximate surface area is 234 Å². The third kappa shape index (κ3) is 9.47. The van der Waals surface area contributed by atoms with Gasteiger partial charge in [-0.15, -0.1) is 10.2 Å². The first-order valence-corrected chi connectivity index (χ1v) is 13.3. The average molecular weight is 584 g/mol. The van der Waals surface area contributed by atoms with Gasteiger partial charge in [-0.3, -0.25) is 9.59 Å². The van der Waals surface area contributed by atoms with Crippen molar-refractivity contribution in [2.75, 3.05) is 22.1 Å². The molecular weight excluding hydrogens is 559 g/mol. The van der Waals surface area contributed by atoms with Gasteiger partial charge in [-0.2, -0.15) is 30.4 Å². The summed E-state index contributed by atoms with van der Waals surface area (Å²) in [5.41, 5.74) is 2.58. The molecule has 2 amide bonds. The Bertz CT molecular complexity index is 1250. The first-order chi connectivity index (χ1) is 17.3. The summed E-state index contributed by atoms with van der Waals surface area (Å²) in [5, 5.41) is 19.8. The van der Waals surface area contributed by atoms with Gasteiger partial charge < -0.3 is 10.6 Å². The predicted molar refractivity (Wildman–Crippen MR) is 155 cm³/mol. The average Bonchev–Trinajstić information content (AvgIpc) is 3.47. The van der Waals surface area contributed by atoms with E-state index in [4.69, 9.17) is 23.2 Å². The molecule has 2 aromatic carbocycles. The van der Waals surface area contributed by atoms with Crippen LogP contribution in [0.4, 0.5) is 10.9 Å². The number of nitrogens with one attached hydrogen (secondary N) is 2. The highest BCUT2D eigenvalue weighted by Crippen LogP contribution is 2.26. The van der Waals surface area contributed by atoms with E-state index in [-0.39, 0.29) is 11.7 Å². The molecule has 0 aliphatic rings. The molecule has 0 aliphatic heterocycles. The molecule has 8 nitrogen and oxygen atoms in total. The van der Waals surface area contributed by atoms with Crippen LogP contribution < -0.4 is 10.6 Å². The Hall–Kier alpha value is -2.57. The molecule has 0 spiro atoms. The van der Waals surface area contributed by atoms with E-state index in [1.165, 1.54) is 11.3 Å². The van der Waals surface area contributed by atoms with Crippen LogP contribution in [0.1, 0.15) is 12.6 Å². The highest BCUT2D eigenvalue weighted by atomic mass is 35.5. The van der Waals surface area contributed by atoms with Gasteiger partial charge in [0.1, 0.15) is 10.8 Å². The second-order valence-electron chi connectivity index (χ2n) is 6.76. The third-order valence-electron chi connectivity index (χ3n) is 4.01. The number of thiol groups is 2. The fourth-order valence-electron chi connectivity index (χ4n) is 2.59. The van der Waals surface area contributed by atoms with E-state index in [9.17, 15) is 9.59 Å². The molecule has 0 atom stereocenters. The number of hydrogen-bond acceptors (Lipinski definition) is 8. The highest BCUT2D eigenvalue weighted by molar-refractivity contribution is 7.81. The molecular formula is C23H24Cl2N6O2S3. The molecule has 0 fully saturated rings. The fraction of sp³-hybridized carbons (Fsp3) is 0.174. The van der Waals surface area contributed by atoms with Gasteiger partial charge in [0.25, 0.3) is 0 Å². The number of aromatic nitrogens is 4. The first-order valence-electron chi connectivity index (χ1n) is 10.4. The number of carbonyl (C=O) groups is 2. The number of anilines is 2. The van der Waals surface area contributed by atoms with Crippen LogP contribution in [0, 0.1) is 6.92 Å². The van der Waals surface area contributed by atoms with Crippen LogP contribution in [0.2, 0.25) is 10.0 Å². The molecule has 36 heavy (non-hydrogen) atoms. The van der Waals surface area contributed by atoms with Crippen molar-refractivity contribution in [3.05, 3.63) is 70.3 Å². The minimum atomic E-state index is -0.173. The summed E-state index contributed by atoms with van der Waals surface area (Å²) in [4.78, 5) is 21.6. The van der Waals surface area contributed by atoms with Crippen molar-refractivity contribution in [1.82, 2.24) is 20.0 Å². The van der Waals surface area contributed by atoms with E-state index in [2.05, 4.69) is 51.2 Å². The largest absolute Gasteiger partial charge is 0.310 e. The zero-order valence-electron chi connectivity index (χ0n) is 19.4. The standard InChI is InChI=1S/C12H12ClN3OS.C9H6ClN3OS.C2H6S/c1-8-6-11(14-12(17)7-18)16(15-8)10-4-2-9(13)3-5-10;10-7-3-1-6(2-4-7)8-12-13-9(15-8)11-5-14;1-2-3/h2-6,18H,7H2,1H3,(H,14,17);1-5H,(H,11,13,14);3H,2H2,1H3. The lowest BCUT2D eigenvalue weighted by Gasteiger charge is -2.08. The summed E-state index contributed by atoms with van der Waals surface area (Å²) in [6, 6.07) is 16.3. The Morgan fingerprint density at radius 2 is 1.64 bits per heavy atom. The van der Waals surface area contributed by atoms with E-state index in [1.807, 2.05) is 38.1 Å². The van der Waals surface area contributed by atoms with Gasteiger partial charge in [-0.25, -0.2) is 4.68 Å². The smallest absolute Gasteiger partial charge is 0.235 e. The van der Waals surface area contributed by atoms with Crippen LogP contribution in [0.25, 0.3) is 16.3 Å². The summed E-state index contributed by atoms with van der Waals surface area (Å²) >= 11 is 20.6. The number of amides is 2. The first kappa shape index (κ1) is 29.7. The minimum absolute atomic E-state index is 0.130. The summed E-state index contributed by atoms with van der Waals surface area (Å²) in [7, 11) is 0. The van der Waals surface area contributed by atoms with Crippen molar-refractivity contribution in [3.63, 3.8) is 0 Å². The number of rotatable bonds is 6. The van der Waals surface area contributed by atoms with Gasteiger partial charge in [0.2, 0.25) is 17.4 Å². The molecule has 0 saturated heterocycles. The van der Waals surface area contributed by atoms with E-state index < -0.39 is 0 Å². The maximum absolute atomic E-state index is 11.4. The van der Waals surface area contributed by atoms with Crippen molar-refractivity contribution < 1.29 is 9.59 Å². The van der Waals surface area contributed by atoms with Crippen LogP contribution in [-0.2, 0) is 9.59 Å². The van der Waals surface area contributed by atoms with E-state index >= 15 is 0 Å². The predicted octanol–water partition coefficient (Wildman–Crippen LogP) is 6.07. The number of aryl methyl sites for hydroxylation is 1. The number of hydrogen-bond donors (Lipinski definition) is 4. The lowest BCUT2D eigenvalue weighted by atomic mass is 10.2. The molecule has 0 saturated carbocycles. The van der Waals surface area contributed by atoms with Gasteiger partial charge in [0, 0.05) is 21.7 Å². The molecule has 13 heteroatoms. The van der Waals surface area contributed by atoms with Crippen LogP contribution in [-0.4, -0.2) is 43.8 Å². The second-order valence-corrected chi connectivity index (χ2v) is 9.56. The van der Waals surface area contributed by atoms with Crippen molar-refractivity contribution in [2.24, 2.45) is 0 Å². The fourth-order valence-corrected chi connectivity index (χ4v) is 3.63. The quantitative estimate of drug-likeness (QED) is 0.163. The highest BCUT2D eigenvalue weighted by Gasteiger charge is 2.10. The maximum atomic E-state index is 11.4. The Morgan fingerprint density at radius 3 is 2.19 bits per heavy atom. The Morgan fingerprint density at radius 1 is 1.06 bits per heavy atom. The normalized spacial score (nSPS) is 9.83. The lowest BCUT2D eigenvalue weighted by molar-refractivity contribution is -0.113. The van der Waals surface area contributed by atoms with Crippen LogP contribution in [0.3, 0.4) is 0 Å². The van der Waals surface area contributed by atoms with Crippen molar-refractivity contribution >= 4 is 83.1 Å². The summed E-state index contributed by atoms with van der Waals surface area (Å²) in [5.74, 6) is 1.52. The van der Waals surface area contributed by atoms with Gasteiger partial charge in [0.15, 0.2) is 0 Å². The topological polar surface area (TPSA) is 102 Å². The van der Waals surface area contributed by atoms with Gasteiger partial charge in [-0.05, 0) is 49.1 Å². The Kier molecular flexibility index (Phi) is 12.8. The molecule has 0 radical (unpaired) electrons. The van der Waals surface area contributed by atoms with Crippen LogP contribution >= 0.6 is 59.8 Å². The number of halogens is 2. The molecule has 2 heterocycles. The van der Waals surface area contributed by atoms with E-state index in [0.29, 0.717) is 27.4 Å². The molecule has 190 valence electrons. The Balaban J connectivity index is 0.000000232. The zero-order chi connectivity index (χ0) is 26.5. The molecule has 0 unspecified atom stereocenters. The molecule has 4 rings (SSSR count). The van der Waals surface area contributed by atoms with Gasteiger partial charge in [0.05, 0.1) is 17.1 Å². The lowest BCUT2D eigenvalue weighted by Crippen LogP contribution is -2.15. The van der Waals surface area contributed by atoms with Crippen molar-refractivity contribution in [2.45, 2.75) is 13.8 Å². The second kappa shape index (κ2) is 15.5. The summed E-state index contributed by atoms with van der Waals surface area (Å²) in [6.07, 6.45) is 0.576. The molecule has 0 bridgehead atoms. The minimum Gasteiger partial charge on any atom is -0.310 e. The molecule has 2 N–H and O–H groups in total. The van der Waals surface area contributed by atoms with Crippen molar-refractivity contribution in [1.29, 1.82) is 0 Å². The van der Waals surface area contributed by atoms with Gasteiger partial charge in [-0.1, -0.05) is 53.6 Å². The van der Waals surface area contributed by atoms with Gasteiger partial charge >= 0.3 is 0 Å². The number of benzene rings is 2. The van der Waals surface area contributed by atoms with Crippen LogP contribution in [0.15, 0.2) is 54.6 Å². The zero-order valence-corrected chi connectivity index (χ0v) is 23.5.